The van der Waals surface area contributed by atoms with E-state index in [0.717, 1.165) is 0 Å². The zero-order valence-corrected chi connectivity index (χ0v) is 21.1. The number of unbranched alkanes of at least 4 members (excludes halogenated alkanes) is 13. The number of aromatic amines is 1. The summed E-state index contributed by atoms with van der Waals surface area (Å²) in [4.78, 5) is 3.56. The Morgan fingerprint density at radius 1 is 0.600 bits per heavy atom. The number of H-pyrrole nitrogens is 1. The van der Waals surface area contributed by atoms with E-state index in [1.165, 1.54) is 127 Å². The highest BCUT2D eigenvalue weighted by Gasteiger charge is 2.05. The van der Waals surface area contributed by atoms with Crippen LogP contribution in [-0.2, 0) is 6.42 Å². The van der Waals surface area contributed by atoms with Gasteiger partial charge < -0.3 is 4.98 Å². The van der Waals surface area contributed by atoms with Crippen LogP contribution in [0.1, 0.15) is 102 Å². The molecule has 1 heterocycles. The Balaban J connectivity index is 1.25. The maximum Gasteiger partial charge on any atom is 0.0475 e. The summed E-state index contributed by atoms with van der Waals surface area (Å²) in [5, 5.41) is 2.73. The van der Waals surface area contributed by atoms with Crippen molar-refractivity contribution in [2.75, 3.05) is 0 Å². The minimum Gasteiger partial charge on any atom is -0.354 e. The van der Waals surface area contributed by atoms with Crippen LogP contribution in [-0.4, -0.2) is 4.98 Å². The normalized spacial score (nSPS) is 11.7. The molecule has 0 amide bonds. The van der Waals surface area contributed by atoms with Gasteiger partial charge in [-0.15, -0.1) is 0 Å². The standard InChI is InChI=1S/C28H40IN/c1-2-3-4-5-6-7-8-9-10-11-12-13-14-15-16-23-17-20-27-26(21-23)25-19-18-24(29)22-28(25)30-27/h17-22,30H,2-16H2,1H3. The molecule has 2 aromatic carbocycles. The lowest BCUT2D eigenvalue weighted by Crippen LogP contribution is -1.87. The molecule has 1 N–H and O–H groups in total. The molecule has 0 aliphatic rings. The molecule has 0 unspecified atom stereocenters. The van der Waals surface area contributed by atoms with Gasteiger partial charge in [0.25, 0.3) is 0 Å². The Hall–Kier alpha value is -1.03. The van der Waals surface area contributed by atoms with Crippen molar-refractivity contribution in [3.63, 3.8) is 0 Å². The van der Waals surface area contributed by atoms with E-state index in [1.807, 2.05) is 0 Å². The lowest BCUT2D eigenvalue weighted by molar-refractivity contribution is 0.535. The number of hydrogen-bond acceptors (Lipinski definition) is 0. The quantitative estimate of drug-likeness (QED) is 0.153. The predicted octanol–water partition coefficient (Wildman–Crippen LogP) is 9.95. The third kappa shape index (κ3) is 7.59. The van der Waals surface area contributed by atoms with Crippen LogP contribution in [0.25, 0.3) is 21.8 Å². The van der Waals surface area contributed by atoms with Crippen molar-refractivity contribution in [1.29, 1.82) is 0 Å². The van der Waals surface area contributed by atoms with Crippen LogP contribution in [0.3, 0.4) is 0 Å². The zero-order valence-electron chi connectivity index (χ0n) is 18.9. The van der Waals surface area contributed by atoms with Crippen LogP contribution in [0.4, 0.5) is 0 Å². The monoisotopic (exact) mass is 517 g/mol. The van der Waals surface area contributed by atoms with Crippen LogP contribution in [0, 0.1) is 3.57 Å². The molecule has 0 atom stereocenters. The van der Waals surface area contributed by atoms with Gasteiger partial charge in [-0.25, -0.2) is 0 Å². The molecule has 164 valence electrons. The molecule has 0 fully saturated rings. The highest BCUT2D eigenvalue weighted by molar-refractivity contribution is 14.1. The number of fused-ring (bicyclic) bond motifs is 3. The van der Waals surface area contributed by atoms with E-state index < -0.39 is 0 Å². The number of halogens is 1. The second-order valence-electron chi connectivity index (χ2n) is 9.04. The summed E-state index contributed by atoms with van der Waals surface area (Å²) < 4.78 is 1.29. The lowest BCUT2D eigenvalue weighted by Gasteiger charge is -2.04. The third-order valence-corrected chi connectivity index (χ3v) is 7.12. The fourth-order valence-corrected chi connectivity index (χ4v) is 5.09. The van der Waals surface area contributed by atoms with E-state index >= 15 is 0 Å². The minimum absolute atomic E-state index is 1.21. The molecular formula is C28H40IN. The summed E-state index contributed by atoms with van der Waals surface area (Å²) >= 11 is 2.38. The van der Waals surface area contributed by atoms with Crippen molar-refractivity contribution in [1.82, 2.24) is 4.98 Å². The first-order valence-electron chi connectivity index (χ1n) is 12.5. The van der Waals surface area contributed by atoms with E-state index in [-0.39, 0.29) is 0 Å². The molecule has 0 bridgehead atoms. The zero-order chi connectivity index (χ0) is 21.0. The molecule has 2 heteroatoms. The topological polar surface area (TPSA) is 15.8 Å². The number of rotatable bonds is 15. The second kappa shape index (κ2) is 13.4. The van der Waals surface area contributed by atoms with Crippen molar-refractivity contribution < 1.29 is 0 Å². The van der Waals surface area contributed by atoms with Gasteiger partial charge >= 0.3 is 0 Å². The molecule has 0 aliphatic heterocycles. The highest BCUT2D eigenvalue weighted by Crippen LogP contribution is 2.28. The van der Waals surface area contributed by atoms with Gasteiger partial charge in [0.05, 0.1) is 0 Å². The van der Waals surface area contributed by atoms with Crippen molar-refractivity contribution in [3.05, 3.63) is 45.5 Å². The summed E-state index contributed by atoms with van der Waals surface area (Å²) in [7, 11) is 0. The molecule has 3 aromatic rings. The summed E-state index contributed by atoms with van der Waals surface area (Å²) in [5.41, 5.74) is 4.00. The van der Waals surface area contributed by atoms with Crippen LogP contribution < -0.4 is 0 Å². The summed E-state index contributed by atoms with van der Waals surface area (Å²) in [6.07, 6.45) is 21.2. The van der Waals surface area contributed by atoms with E-state index in [9.17, 15) is 0 Å². The van der Waals surface area contributed by atoms with Gasteiger partial charge in [0.15, 0.2) is 0 Å². The maximum atomic E-state index is 3.56. The second-order valence-corrected chi connectivity index (χ2v) is 10.3. The Morgan fingerprint density at radius 2 is 1.20 bits per heavy atom. The molecular weight excluding hydrogens is 477 g/mol. The molecule has 3 rings (SSSR count). The summed E-state index contributed by atoms with van der Waals surface area (Å²) in [6.45, 7) is 2.30. The SMILES string of the molecule is CCCCCCCCCCCCCCCCc1ccc2[nH]c3cc(I)ccc3c2c1. The van der Waals surface area contributed by atoms with Gasteiger partial charge in [-0.3, -0.25) is 0 Å². The summed E-state index contributed by atoms with van der Waals surface area (Å²) in [5.74, 6) is 0. The molecule has 1 aromatic heterocycles. The van der Waals surface area contributed by atoms with Gasteiger partial charge in [-0.2, -0.15) is 0 Å². The van der Waals surface area contributed by atoms with Gasteiger partial charge in [0.1, 0.15) is 0 Å². The number of aryl methyl sites for hydroxylation is 1. The molecule has 1 nitrogen and oxygen atoms in total. The first kappa shape index (κ1) is 23.6. The Labute approximate surface area is 197 Å². The van der Waals surface area contributed by atoms with E-state index in [1.54, 1.807) is 0 Å². The van der Waals surface area contributed by atoms with E-state index in [2.05, 4.69) is 70.9 Å². The highest BCUT2D eigenvalue weighted by atomic mass is 127. The van der Waals surface area contributed by atoms with Crippen molar-refractivity contribution in [2.45, 2.75) is 103 Å². The van der Waals surface area contributed by atoms with Crippen LogP contribution in [0.5, 0.6) is 0 Å². The van der Waals surface area contributed by atoms with Crippen LogP contribution in [0.2, 0.25) is 0 Å². The first-order valence-corrected chi connectivity index (χ1v) is 13.6. The minimum atomic E-state index is 1.21. The average molecular weight is 518 g/mol. The smallest absolute Gasteiger partial charge is 0.0475 e. The lowest BCUT2D eigenvalue weighted by atomic mass is 10.0. The van der Waals surface area contributed by atoms with Crippen LogP contribution >= 0.6 is 22.6 Å². The molecule has 0 saturated carbocycles. The molecule has 0 saturated heterocycles. The van der Waals surface area contributed by atoms with Crippen molar-refractivity contribution in [3.8, 4) is 0 Å². The molecule has 0 radical (unpaired) electrons. The van der Waals surface area contributed by atoms with Crippen molar-refractivity contribution in [2.24, 2.45) is 0 Å². The Morgan fingerprint density at radius 3 is 1.83 bits per heavy atom. The van der Waals surface area contributed by atoms with Crippen LogP contribution in [0.15, 0.2) is 36.4 Å². The Kier molecular flexibility index (Phi) is 10.6. The third-order valence-electron chi connectivity index (χ3n) is 6.44. The van der Waals surface area contributed by atoms with Gasteiger partial charge in [0.2, 0.25) is 0 Å². The maximum absolute atomic E-state index is 3.56. The number of benzene rings is 2. The van der Waals surface area contributed by atoms with Gasteiger partial charge in [-0.1, -0.05) is 103 Å². The van der Waals surface area contributed by atoms with E-state index in [0.29, 0.717) is 0 Å². The molecule has 0 spiro atoms. The number of nitrogens with one attached hydrogen (secondary N) is 1. The first-order chi connectivity index (χ1) is 14.8. The van der Waals surface area contributed by atoms with Crippen molar-refractivity contribution >= 4 is 44.4 Å². The van der Waals surface area contributed by atoms with E-state index in [4.69, 9.17) is 0 Å². The fraction of sp³-hybridized carbons (Fsp3) is 0.571. The average Bonchev–Trinajstić information content (AvgIpc) is 3.10. The largest absolute Gasteiger partial charge is 0.354 e. The number of aromatic nitrogens is 1. The molecule has 30 heavy (non-hydrogen) atoms. The summed E-state index contributed by atoms with van der Waals surface area (Å²) in [6, 6.07) is 13.7. The Bertz CT molecular complexity index is 879. The fourth-order valence-electron chi connectivity index (χ4n) is 4.60. The number of hydrogen-bond donors (Lipinski definition) is 1. The predicted molar refractivity (Wildman–Crippen MR) is 143 cm³/mol. The van der Waals surface area contributed by atoms with Gasteiger partial charge in [-0.05, 0) is 65.3 Å². The molecule has 0 aliphatic carbocycles. The van der Waals surface area contributed by atoms with Gasteiger partial charge in [0, 0.05) is 25.4 Å².